The van der Waals surface area contributed by atoms with Gasteiger partial charge >= 0.3 is 12.4 Å². The number of pyridine rings is 1. The molecule has 0 N–H and O–H groups in total. The van der Waals surface area contributed by atoms with Crippen molar-refractivity contribution in [3.63, 3.8) is 0 Å². The van der Waals surface area contributed by atoms with Crippen LogP contribution in [0.25, 0.3) is 16.9 Å². The summed E-state index contributed by atoms with van der Waals surface area (Å²) < 4.78 is 78.1. The highest BCUT2D eigenvalue weighted by molar-refractivity contribution is 6.33. The molecule has 0 saturated heterocycles. The lowest BCUT2D eigenvalue weighted by atomic mass is 10.1. The van der Waals surface area contributed by atoms with Crippen LogP contribution in [-0.2, 0) is 12.4 Å². The quantitative estimate of drug-likeness (QED) is 0.562. The molecule has 0 bridgehead atoms. The molecule has 2 heterocycles. The second-order valence-corrected chi connectivity index (χ2v) is 5.26. The largest absolute Gasteiger partial charge is 0.416 e. The Morgan fingerprint density at radius 3 is 2.12 bits per heavy atom. The van der Waals surface area contributed by atoms with Crippen molar-refractivity contribution in [1.82, 2.24) is 14.6 Å². The van der Waals surface area contributed by atoms with Gasteiger partial charge in [-0.25, -0.2) is 9.50 Å². The van der Waals surface area contributed by atoms with Gasteiger partial charge in [-0.1, -0.05) is 17.7 Å². The Hall–Kier alpha value is -2.29. The lowest BCUT2D eigenvalue weighted by Crippen LogP contribution is -2.08. The van der Waals surface area contributed by atoms with Gasteiger partial charge < -0.3 is 0 Å². The van der Waals surface area contributed by atoms with Crippen LogP contribution in [0.4, 0.5) is 26.3 Å². The zero-order chi connectivity index (χ0) is 17.7. The van der Waals surface area contributed by atoms with Crippen LogP contribution in [0.1, 0.15) is 11.1 Å². The number of fused-ring (bicyclic) bond motifs is 1. The van der Waals surface area contributed by atoms with Crippen molar-refractivity contribution in [2.75, 3.05) is 0 Å². The van der Waals surface area contributed by atoms with Crippen LogP contribution >= 0.6 is 11.6 Å². The van der Waals surface area contributed by atoms with Crippen LogP contribution in [0.15, 0.2) is 36.7 Å². The van der Waals surface area contributed by atoms with Crippen LogP contribution < -0.4 is 0 Å². The maximum Gasteiger partial charge on any atom is 0.416 e. The Balaban J connectivity index is 2.24. The number of aromatic nitrogens is 3. The van der Waals surface area contributed by atoms with Crippen molar-refractivity contribution in [1.29, 1.82) is 0 Å². The Morgan fingerprint density at radius 2 is 1.54 bits per heavy atom. The van der Waals surface area contributed by atoms with Crippen LogP contribution in [0.2, 0.25) is 5.02 Å². The summed E-state index contributed by atoms with van der Waals surface area (Å²) in [6.07, 6.45) is -8.23. The number of alkyl halides is 6. The van der Waals surface area contributed by atoms with Crippen molar-refractivity contribution >= 4 is 17.2 Å². The van der Waals surface area contributed by atoms with E-state index in [0.717, 1.165) is 35.1 Å². The molecule has 3 rings (SSSR count). The predicted octanol–water partition coefficient (Wildman–Crippen LogP) is 5.09. The molecule has 0 aliphatic carbocycles. The number of hydrogen-bond donors (Lipinski definition) is 0. The fourth-order valence-electron chi connectivity index (χ4n) is 2.18. The molecule has 24 heavy (non-hydrogen) atoms. The fraction of sp³-hybridized carbons (Fsp3) is 0.143. The molecule has 0 aliphatic rings. The van der Waals surface area contributed by atoms with Crippen LogP contribution in [0, 0.1) is 0 Å². The summed E-state index contributed by atoms with van der Waals surface area (Å²) in [4.78, 5) is 3.69. The van der Waals surface area contributed by atoms with E-state index in [-0.39, 0.29) is 21.9 Å². The van der Waals surface area contributed by atoms with Crippen LogP contribution in [0.5, 0.6) is 0 Å². The van der Waals surface area contributed by atoms with Crippen molar-refractivity contribution < 1.29 is 26.3 Å². The third-order valence-corrected chi connectivity index (χ3v) is 3.59. The highest BCUT2D eigenvalue weighted by atomic mass is 35.5. The van der Waals surface area contributed by atoms with E-state index in [1.807, 2.05) is 0 Å². The average molecular weight is 366 g/mol. The van der Waals surface area contributed by atoms with Gasteiger partial charge in [0.2, 0.25) is 0 Å². The van der Waals surface area contributed by atoms with Crippen molar-refractivity contribution in [2.24, 2.45) is 0 Å². The van der Waals surface area contributed by atoms with Gasteiger partial charge in [0, 0.05) is 5.56 Å². The smallest absolute Gasteiger partial charge is 0.215 e. The summed E-state index contributed by atoms with van der Waals surface area (Å²) >= 11 is 5.86. The van der Waals surface area contributed by atoms with Crippen molar-refractivity contribution in [3.05, 3.63) is 52.8 Å². The Kier molecular flexibility index (Phi) is 3.71. The SMILES string of the molecule is FC(F)(F)c1ccc(-c2cc(C(F)(F)F)cc3ncnn23)c(Cl)c1. The van der Waals surface area contributed by atoms with E-state index in [1.54, 1.807) is 0 Å². The zero-order valence-electron chi connectivity index (χ0n) is 11.5. The van der Waals surface area contributed by atoms with Gasteiger partial charge in [0.25, 0.3) is 0 Å². The summed E-state index contributed by atoms with van der Waals surface area (Å²) in [5.74, 6) is 0. The van der Waals surface area contributed by atoms with Gasteiger partial charge in [0.1, 0.15) is 6.33 Å². The van der Waals surface area contributed by atoms with E-state index >= 15 is 0 Å². The van der Waals surface area contributed by atoms with Gasteiger partial charge in [0.15, 0.2) is 5.65 Å². The molecule has 3 nitrogen and oxygen atoms in total. The summed E-state index contributed by atoms with van der Waals surface area (Å²) in [5.41, 5.74) is -2.25. The summed E-state index contributed by atoms with van der Waals surface area (Å²) in [6, 6.07) is 3.94. The molecule has 0 fully saturated rings. The minimum absolute atomic E-state index is 0.0220. The normalized spacial score (nSPS) is 12.8. The first-order valence-corrected chi connectivity index (χ1v) is 6.73. The van der Waals surface area contributed by atoms with E-state index in [4.69, 9.17) is 11.6 Å². The zero-order valence-corrected chi connectivity index (χ0v) is 12.2. The number of rotatable bonds is 1. The molecule has 10 heteroatoms. The monoisotopic (exact) mass is 365 g/mol. The number of benzene rings is 1. The molecule has 0 saturated carbocycles. The van der Waals surface area contributed by atoms with E-state index < -0.39 is 23.5 Å². The molecule has 0 unspecified atom stereocenters. The fourth-order valence-corrected chi connectivity index (χ4v) is 2.46. The summed E-state index contributed by atoms with van der Waals surface area (Å²) in [6.45, 7) is 0. The first-order chi connectivity index (χ1) is 11.1. The average Bonchev–Trinajstić information content (AvgIpc) is 2.92. The highest BCUT2D eigenvalue weighted by Crippen LogP contribution is 2.38. The van der Waals surface area contributed by atoms with Gasteiger partial charge in [-0.05, 0) is 24.3 Å². The van der Waals surface area contributed by atoms with E-state index in [0.29, 0.717) is 6.07 Å². The third kappa shape index (κ3) is 2.91. The number of nitrogens with zero attached hydrogens (tertiary/aromatic N) is 3. The minimum Gasteiger partial charge on any atom is -0.215 e. The van der Waals surface area contributed by atoms with Crippen LogP contribution in [0.3, 0.4) is 0 Å². The Labute approximate surface area is 135 Å². The summed E-state index contributed by atoms with van der Waals surface area (Å²) in [5, 5.41) is 3.44. The maximum absolute atomic E-state index is 13.0. The van der Waals surface area contributed by atoms with Gasteiger partial charge in [-0.2, -0.15) is 31.4 Å². The Morgan fingerprint density at radius 1 is 0.875 bits per heavy atom. The third-order valence-electron chi connectivity index (χ3n) is 3.28. The van der Waals surface area contributed by atoms with Gasteiger partial charge in [0.05, 0.1) is 21.8 Å². The molecule has 2 aromatic heterocycles. The molecular formula is C14H6ClF6N3. The molecule has 3 aromatic rings. The molecule has 126 valence electrons. The lowest BCUT2D eigenvalue weighted by Gasteiger charge is -2.13. The second-order valence-electron chi connectivity index (χ2n) is 4.85. The molecule has 0 amide bonds. The van der Waals surface area contributed by atoms with E-state index in [1.165, 1.54) is 0 Å². The second kappa shape index (κ2) is 5.37. The summed E-state index contributed by atoms with van der Waals surface area (Å²) in [7, 11) is 0. The topological polar surface area (TPSA) is 30.2 Å². The first kappa shape index (κ1) is 16.6. The van der Waals surface area contributed by atoms with Crippen molar-refractivity contribution in [3.8, 4) is 11.3 Å². The van der Waals surface area contributed by atoms with E-state index in [9.17, 15) is 26.3 Å². The molecular weight excluding hydrogens is 360 g/mol. The number of halogens is 7. The van der Waals surface area contributed by atoms with Crippen molar-refractivity contribution in [2.45, 2.75) is 12.4 Å². The van der Waals surface area contributed by atoms with Gasteiger partial charge in [-0.3, -0.25) is 0 Å². The predicted molar refractivity (Wildman–Crippen MR) is 73.4 cm³/mol. The minimum atomic E-state index is -4.65. The Bertz CT molecular complexity index is 913. The van der Waals surface area contributed by atoms with E-state index in [2.05, 4.69) is 10.1 Å². The first-order valence-electron chi connectivity index (χ1n) is 6.35. The molecule has 0 radical (unpaired) electrons. The van der Waals surface area contributed by atoms with Gasteiger partial charge in [-0.15, -0.1) is 0 Å². The van der Waals surface area contributed by atoms with Crippen LogP contribution in [-0.4, -0.2) is 14.6 Å². The maximum atomic E-state index is 13.0. The molecule has 1 aromatic carbocycles. The molecule has 0 aliphatic heterocycles. The highest BCUT2D eigenvalue weighted by Gasteiger charge is 2.33. The lowest BCUT2D eigenvalue weighted by molar-refractivity contribution is -0.138. The molecule has 0 spiro atoms. The standard InChI is InChI=1S/C14H6ClF6N3/c15-10-3-7(13(16,17)18)1-2-9(10)11-4-8(14(19,20)21)5-12-22-6-23-24(11)12/h1-6H. The molecule has 0 atom stereocenters. The number of hydrogen-bond acceptors (Lipinski definition) is 2.